The molecule has 0 aliphatic carbocycles. The molecule has 2 aromatic rings. The van der Waals surface area contributed by atoms with Crippen molar-refractivity contribution in [3.63, 3.8) is 0 Å². The van der Waals surface area contributed by atoms with Gasteiger partial charge in [0.25, 0.3) is 0 Å². The minimum atomic E-state index is 0.587. The highest BCUT2D eigenvalue weighted by Gasteiger charge is 2.08. The minimum Gasteiger partial charge on any atom is -0.383 e. The molecule has 0 unspecified atom stereocenters. The van der Waals surface area contributed by atoms with E-state index in [9.17, 15) is 0 Å². The Morgan fingerprint density at radius 1 is 1.47 bits per heavy atom. The lowest BCUT2D eigenvalue weighted by Gasteiger charge is -2.10. The van der Waals surface area contributed by atoms with E-state index in [4.69, 9.17) is 5.26 Å². The van der Waals surface area contributed by atoms with Gasteiger partial charge in [-0.15, -0.1) is 0 Å². The van der Waals surface area contributed by atoms with Crippen LogP contribution in [0.2, 0.25) is 0 Å². The number of aromatic nitrogens is 1. The molecule has 3 nitrogen and oxygen atoms in total. The van der Waals surface area contributed by atoms with Gasteiger partial charge in [-0.25, -0.2) is 0 Å². The summed E-state index contributed by atoms with van der Waals surface area (Å²) in [5.41, 5.74) is 2.36. The van der Waals surface area contributed by atoms with Crippen molar-refractivity contribution in [3.05, 3.63) is 34.4 Å². The number of hydrogen-bond acceptors (Lipinski definition) is 3. The Kier molecular flexibility index (Phi) is 3.60. The standard InChI is InChI=1S/C13H12BrN3/c1-2-5-16-13-9(7-15)8-17-12-4-3-10(14)6-11(12)13/h3-4,6,8H,2,5H2,1H3,(H,16,17). The molecule has 0 aliphatic rings. The predicted molar refractivity (Wildman–Crippen MR) is 72.9 cm³/mol. The molecule has 0 bridgehead atoms. The molecule has 1 heterocycles. The van der Waals surface area contributed by atoms with Crippen LogP contribution in [0.1, 0.15) is 18.9 Å². The van der Waals surface area contributed by atoms with Gasteiger partial charge in [0.2, 0.25) is 0 Å². The van der Waals surface area contributed by atoms with Crippen LogP contribution in [0.25, 0.3) is 10.9 Å². The van der Waals surface area contributed by atoms with E-state index in [0.717, 1.165) is 34.0 Å². The van der Waals surface area contributed by atoms with Gasteiger partial charge in [-0.3, -0.25) is 4.98 Å². The molecule has 1 aromatic heterocycles. The van der Waals surface area contributed by atoms with Gasteiger partial charge in [0.15, 0.2) is 0 Å². The van der Waals surface area contributed by atoms with E-state index >= 15 is 0 Å². The molecule has 2 rings (SSSR count). The molecular weight excluding hydrogens is 278 g/mol. The molecule has 17 heavy (non-hydrogen) atoms. The zero-order chi connectivity index (χ0) is 12.3. The summed E-state index contributed by atoms with van der Waals surface area (Å²) in [6.45, 7) is 2.94. The molecule has 0 radical (unpaired) electrons. The van der Waals surface area contributed by atoms with Gasteiger partial charge in [0.05, 0.1) is 16.8 Å². The van der Waals surface area contributed by atoms with Crippen LogP contribution in [0.4, 0.5) is 5.69 Å². The van der Waals surface area contributed by atoms with Crippen molar-refractivity contribution in [1.29, 1.82) is 5.26 Å². The smallest absolute Gasteiger partial charge is 0.103 e. The normalized spacial score (nSPS) is 10.2. The molecule has 0 aliphatic heterocycles. The topological polar surface area (TPSA) is 48.7 Å². The summed E-state index contributed by atoms with van der Waals surface area (Å²) in [5, 5.41) is 13.4. The van der Waals surface area contributed by atoms with Gasteiger partial charge in [0.1, 0.15) is 6.07 Å². The first kappa shape index (κ1) is 11.9. The second-order valence-corrected chi connectivity index (χ2v) is 4.66. The van der Waals surface area contributed by atoms with E-state index in [1.54, 1.807) is 6.20 Å². The van der Waals surface area contributed by atoms with Crippen molar-refractivity contribution in [1.82, 2.24) is 4.98 Å². The molecule has 0 spiro atoms. The Labute approximate surface area is 109 Å². The highest BCUT2D eigenvalue weighted by Crippen LogP contribution is 2.28. The lowest BCUT2D eigenvalue weighted by molar-refractivity contribution is 0.980. The van der Waals surface area contributed by atoms with Crippen LogP contribution in [-0.2, 0) is 0 Å². The molecule has 1 aromatic carbocycles. The largest absolute Gasteiger partial charge is 0.383 e. The molecule has 0 saturated heterocycles. The second kappa shape index (κ2) is 5.15. The Bertz CT molecular complexity index is 587. The summed E-state index contributed by atoms with van der Waals surface area (Å²) in [5.74, 6) is 0. The average molecular weight is 290 g/mol. The maximum absolute atomic E-state index is 9.10. The predicted octanol–water partition coefficient (Wildman–Crippen LogP) is 3.69. The van der Waals surface area contributed by atoms with Crippen molar-refractivity contribution in [2.75, 3.05) is 11.9 Å². The maximum atomic E-state index is 9.10. The van der Waals surface area contributed by atoms with Crippen molar-refractivity contribution in [3.8, 4) is 6.07 Å². The van der Waals surface area contributed by atoms with Crippen LogP contribution in [0.15, 0.2) is 28.9 Å². The SMILES string of the molecule is CCCNc1c(C#N)cnc2ccc(Br)cc12. The van der Waals surface area contributed by atoms with Crippen LogP contribution < -0.4 is 5.32 Å². The fraction of sp³-hybridized carbons (Fsp3) is 0.231. The Balaban J connectivity index is 2.64. The van der Waals surface area contributed by atoms with Crippen LogP contribution in [0.3, 0.4) is 0 Å². The zero-order valence-electron chi connectivity index (χ0n) is 9.50. The number of nitriles is 1. The highest BCUT2D eigenvalue weighted by atomic mass is 79.9. The highest BCUT2D eigenvalue weighted by molar-refractivity contribution is 9.10. The maximum Gasteiger partial charge on any atom is 0.103 e. The Morgan fingerprint density at radius 2 is 2.29 bits per heavy atom. The number of fused-ring (bicyclic) bond motifs is 1. The van der Waals surface area contributed by atoms with Gasteiger partial charge < -0.3 is 5.32 Å². The van der Waals surface area contributed by atoms with E-state index in [-0.39, 0.29) is 0 Å². The third kappa shape index (κ3) is 2.40. The van der Waals surface area contributed by atoms with Crippen molar-refractivity contribution in [2.24, 2.45) is 0 Å². The van der Waals surface area contributed by atoms with E-state index in [1.165, 1.54) is 0 Å². The average Bonchev–Trinajstić information content (AvgIpc) is 2.35. The van der Waals surface area contributed by atoms with Crippen molar-refractivity contribution < 1.29 is 0 Å². The molecule has 4 heteroatoms. The monoisotopic (exact) mass is 289 g/mol. The van der Waals surface area contributed by atoms with E-state index < -0.39 is 0 Å². The van der Waals surface area contributed by atoms with Gasteiger partial charge >= 0.3 is 0 Å². The van der Waals surface area contributed by atoms with Crippen LogP contribution >= 0.6 is 15.9 Å². The van der Waals surface area contributed by atoms with Gasteiger partial charge in [0, 0.05) is 22.6 Å². The summed E-state index contributed by atoms with van der Waals surface area (Å²) < 4.78 is 0.987. The number of hydrogen-bond donors (Lipinski definition) is 1. The number of nitrogens with zero attached hydrogens (tertiary/aromatic N) is 2. The molecular formula is C13H12BrN3. The van der Waals surface area contributed by atoms with Crippen molar-refractivity contribution in [2.45, 2.75) is 13.3 Å². The first-order valence-electron chi connectivity index (χ1n) is 5.48. The summed E-state index contributed by atoms with van der Waals surface area (Å²) in [4.78, 5) is 4.28. The van der Waals surface area contributed by atoms with Crippen LogP contribution in [-0.4, -0.2) is 11.5 Å². The molecule has 0 atom stereocenters. The number of rotatable bonds is 3. The van der Waals surface area contributed by atoms with Crippen molar-refractivity contribution >= 4 is 32.5 Å². The number of pyridine rings is 1. The van der Waals surface area contributed by atoms with Gasteiger partial charge in [-0.1, -0.05) is 22.9 Å². The molecule has 0 fully saturated rings. The number of benzene rings is 1. The molecule has 0 amide bonds. The molecule has 86 valence electrons. The second-order valence-electron chi connectivity index (χ2n) is 3.75. The van der Waals surface area contributed by atoms with Crippen LogP contribution in [0.5, 0.6) is 0 Å². The lowest BCUT2D eigenvalue weighted by Crippen LogP contribution is -2.03. The summed E-state index contributed by atoms with van der Waals surface area (Å²) in [6, 6.07) is 8.05. The first-order valence-corrected chi connectivity index (χ1v) is 6.27. The zero-order valence-corrected chi connectivity index (χ0v) is 11.1. The summed E-state index contributed by atoms with van der Waals surface area (Å²) in [6.07, 6.45) is 2.64. The fourth-order valence-corrected chi connectivity index (χ4v) is 2.05. The summed E-state index contributed by atoms with van der Waals surface area (Å²) >= 11 is 3.44. The fourth-order valence-electron chi connectivity index (χ4n) is 1.69. The Morgan fingerprint density at radius 3 is 3.00 bits per heavy atom. The number of anilines is 1. The molecule has 0 saturated carbocycles. The number of nitrogens with one attached hydrogen (secondary N) is 1. The van der Waals surface area contributed by atoms with E-state index in [2.05, 4.69) is 39.2 Å². The lowest BCUT2D eigenvalue weighted by atomic mass is 10.1. The van der Waals surface area contributed by atoms with Crippen LogP contribution in [0, 0.1) is 11.3 Å². The quantitative estimate of drug-likeness (QED) is 0.937. The number of halogens is 1. The van der Waals surface area contributed by atoms with E-state index in [0.29, 0.717) is 5.56 Å². The third-order valence-corrected chi connectivity index (χ3v) is 3.00. The first-order chi connectivity index (χ1) is 8.26. The minimum absolute atomic E-state index is 0.587. The summed E-state index contributed by atoms with van der Waals surface area (Å²) in [7, 11) is 0. The van der Waals surface area contributed by atoms with E-state index in [1.807, 2.05) is 18.2 Å². The van der Waals surface area contributed by atoms with Gasteiger partial charge in [-0.05, 0) is 24.6 Å². The van der Waals surface area contributed by atoms with Gasteiger partial charge in [-0.2, -0.15) is 5.26 Å². The third-order valence-electron chi connectivity index (χ3n) is 2.50. The Hall–Kier alpha value is -1.60. The molecule has 1 N–H and O–H groups in total.